The quantitative estimate of drug-likeness (QED) is 0.665. The van der Waals surface area contributed by atoms with Crippen molar-refractivity contribution in [1.82, 2.24) is 4.23 Å². The molecule has 0 N–H and O–H groups in total. The highest BCUT2D eigenvalue weighted by atomic mass is 35.5. The maximum absolute atomic E-state index is 6.29. The molecule has 1 nitrogen and oxygen atoms in total. The number of nitrogens with zero attached hydrogens (tertiary/aromatic N) is 1. The van der Waals surface area contributed by atoms with Gasteiger partial charge in [-0.2, -0.15) is 0 Å². The molecule has 0 fully saturated rings. The second-order valence-corrected chi connectivity index (χ2v) is 17.7. The molecule has 1 aromatic rings. The van der Waals surface area contributed by atoms with Crippen LogP contribution < -0.4 is 0 Å². The molecule has 0 spiro atoms. The molecule has 0 amide bonds. The van der Waals surface area contributed by atoms with E-state index in [1.807, 2.05) is 18.2 Å². The van der Waals surface area contributed by atoms with Gasteiger partial charge in [0.15, 0.2) is 0 Å². The van der Waals surface area contributed by atoms with Crippen LogP contribution in [0.4, 0.5) is 0 Å². The lowest BCUT2D eigenvalue weighted by molar-refractivity contribution is 0.612. The summed E-state index contributed by atoms with van der Waals surface area (Å²) in [5, 5.41) is 1.56. The molecule has 18 heavy (non-hydrogen) atoms. The molecule has 0 aliphatic heterocycles. The fraction of sp³-hybridized carbons (Fsp3) is 0.538. The minimum Gasteiger partial charge on any atom is -0.342 e. The molecule has 0 aliphatic rings. The maximum Gasteiger partial charge on any atom is 0.112 e. The average molecular weight is 320 g/mol. The Morgan fingerprint density at radius 3 is 1.61 bits per heavy atom. The molecule has 0 atom stereocenters. The molecule has 0 unspecified atom stereocenters. The molecule has 0 radical (unpaired) electrons. The lowest BCUT2D eigenvalue weighted by Gasteiger charge is -2.43. The van der Waals surface area contributed by atoms with Crippen molar-refractivity contribution in [3.63, 3.8) is 0 Å². The van der Waals surface area contributed by atoms with Crippen molar-refractivity contribution in [2.24, 2.45) is 0 Å². The molecular weight excluding hydrogens is 297 g/mol. The van der Waals surface area contributed by atoms with Crippen LogP contribution in [-0.4, -0.2) is 20.7 Å². The fourth-order valence-corrected chi connectivity index (χ4v) is 12.2. The zero-order valence-corrected chi connectivity index (χ0v) is 15.7. The molecule has 0 saturated heterocycles. The second-order valence-electron chi connectivity index (χ2n) is 6.63. The Hall–Kier alpha value is 0.194. The zero-order valence-electron chi connectivity index (χ0n) is 12.1. The third-order valence-electron chi connectivity index (χ3n) is 3.00. The van der Waals surface area contributed by atoms with Crippen molar-refractivity contribution >= 4 is 39.7 Å². The van der Waals surface area contributed by atoms with E-state index in [-0.39, 0.29) is 0 Å². The van der Waals surface area contributed by atoms with Crippen molar-refractivity contribution in [3.05, 3.63) is 33.8 Å². The molecule has 5 heteroatoms. The van der Waals surface area contributed by atoms with Gasteiger partial charge in [0.1, 0.15) is 16.5 Å². The smallest absolute Gasteiger partial charge is 0.112 e. The minimum absolute atomic E-state index is 0.781. The van der Waals surface area contributed by atoms with Crippen LogP contribution in [0.25, 0.3) is 0 Å². The van der Waals surface area contributed by atoms with Crippen molar-refractivity contribution in [3.8, 4) is 0 Å². The van der Waals surface area contributed by atoms with Crippen LogP contribution >= 0.6 is 23.2 Å². The predicted octanol–water partition coefficient (Wildman–Crippen LogP) is 5.47. The zero-order chi connectivity index (χ0) is 14.1. The Balaban J connectivity index is 3.13. The maximum atomic E-state index is 6.29. The minimum atomic E-state index is -1.37. The van der Waals surface area contributed by atoms with Gasteiger partial charge in [-0.25, -0.2) is 0 Å². The van der Waals surface area contributed by atoms with Crippen molar-refractivity contribution in [2.45, 2.75) is 45.8 Å². The van der Waals surface area contributed by atoms with Gasteiger partial charge < -0.3 is 4.23 Å². The van der Waals surface area contributed by atoms with E-state index in [1.165, 1.54) is 0 Å². The second kappa shape index (κ2) is 5.67. The van der Waals surface area contributed by atoms with Gasteiger partial charge in [-0.3, -0.25) is 0 Å². The fourth-order valence-electron chi connectivity index (χ4n) is 2.32. The first-order valence-electron chi connectivity index (χ1n) is 6.24. The van der Waals surface area contributed by atoms with Crippen LogP contribution in [0, 0.1) is 0 Å². The Morgan fingerprint density at radius 1 is 0.889 bits per heavy atom. The first-order valence-corrected chi connectivity index (χ1v) is 13.9. The summed E-state index contributed by atoms with van der Waals surface area (Å²) in [6, 6.07) is 5.76. The third kappa shape index (κ3) is 4.10. The van der Waals surface area contributed by atoms with Gasteiger partial charge in [0.05, 0.1) is 0 Å². The van der Waals surface area contributed by atoms with Crippen LogP contribution in [0.1, 0.15) is 5.56 Å². The molecule has 1 aromatic carbocycles. The molecule has 0 heterocycles. The summed E-state index contributed by atoms with van der Waals surface area (Å²) in [5.41, 5.74) is 1.07. The van der Waals surface area contributed by atoms with E-state index in [0.717, 1.165) is 22.2 Å². The van der Waals surface area contributed by atoms with Crippen LogP contribution in [0.15, 0.2) is 18.2 Å². The first kappa shape index (κ1) is 16.2. The van der Waals surface area contributed by atoms with Crippen LogP contribution in [0.3, 0.4) is 0 Å². The molecule has 0 aromatic heterocycles. The molecule has 1 rings (SSSR count). The summed E-state index contributed by atoms with van der Waals surface area (Å²) < 4.78 is 2.69. The van der Waals surface area contributed by atoms with Crippen LogP contribution in [0.5, 0.6) is 0 Å². The van der Waals surface area contributed by atoms with Gasteiger partial charge in [-0.05, 0) is 12.1 Å². The number of hydrogen-bond donors (Lipinski definition) is 0. The summed E-state index contributed by atoms with van der Waals surface area (Å²) in [4.78, 5) is 0. The predicted molar refractivity (Wildman–Crippen MR) is 88.7 cm³/mol. The van der Waals surface area contributed by atoms with Gasteiger partial charge in [-0.1, -0.05) is 68.6 Å². The van der Waals surface area contributed by atoms with E-state index >= 15 is 0 Å². The van der Waals surface area contributed by atoms with Gasteiger partial charge >= 0.3 is 0 Å². The highest BCUT2D eigenvalue weighted by Crippen LogP contribution is 2.30. The number of rotatable bonds is 4. The summed E-state index contributed by atoms with van der Waals surface area (Å²) in [7, 11) is -2.75. The lowest BCUT2D eigenvalue weighted by atomic mass is 10.2. The van der Waals surface area contributed by atoms with E-state index in [2.05, 4.69) is 43.5 Å². The molecular formula is C13H23Cl2NSi2. The van der Waals surface area contributed by atoms with E-state index in [9.17, 15) is 0 Å². The summed E-state index contributed by atoms with van der Waals surface area (Å²) >= 11 is 12.6. The molecule has 0 bridgehead atoms. The van der Waals surface area contributed by atoms with E-state index in [4.69, 9.17) is 23.2 Å². The molecule has 102 valence electrons. The van der Waals surface area contributed by atoms with Crippen molar-refractivity contribution in [1.29, 1.82) is 0 Å². The normalized spacial score (nSPS) is 13.2. The van der Waals surface area contributed by atoms with E-state index in [1.54, 1.807) is 0 Å². The summed E-state index contributed by atoms with van der Waals surface area (Å²) in [6.07, 6.45) is 0. The van der Waals surface area contributed by atoms with Crippen molar-refractivity contribution < 1.29 is 0 Å². The standard InChI is InChI=1S/C13H23Cl2NSi2/c1-17(2,3)16(18(4,5)6)10-11-12(14)8-7-9-13(11)15/h7-9H,10H2,1-6H3. The Kier molecular flexibility index (Phi) is 5.12. The highest BCUT2D eigenvalue weighted by molar-refractivity contribution is 6.89. The monoisotopic (exact) mass is 319 g/mol. The topological polar surface area (TPSA) is 3.24 Å². The summed E-state index contributed by atoms with van der Waals surface area (Å²) in [6.45, 7) is 15.2. The highest BCUT2D eigenvalue weighted by Gasteiger charge is 2.34. The van der Waals surface area contributed by atoms with Gasteiger partial charge in [-0.15, -0.1) is 0 Å². The number of halogens is 2. The Labute approximate surface area is 123 Å². The largest absolute Gasteiger partial charge is 0.342 e. The van der Waals surface area contributed by atoms with E-state index in [0.29, 0.717) is 0 Å². The number of hydrogen-bond acceptors (Lipinski definition) is 1. The van der Waals surface area contributed by atoms with Gasteiger partial charge in [0, 0.05) is 22.2 Å². The first-order chi connectivity index (χ1) is 8.03. The van der Waals surface area contributed by atoms with Gasteiger partial charge in [0.2, 0.25) is 0 Å². The summed E-state index contributed by atoms with van der Waals surface area (Å²) in [5.74, 6) is 0. The average Bonchev–Trinajstić information content (AvgIpc) is 2.12. The van der Waals surface area contributed by atoms with E-state index < -0.39 is 16.5 Å². The Bertz CT molecular complexity index is 388. The molecule has 0 aliphatic carbocycles. The SMILES string of the molecule is C[Si](C)(C)N(Cc1c(Cl)cccc1Cl)[Si](C)(C)C. The van der Waals surface area contributed by atoms with Crippen LogP contribution in [-0.2, 0) is 6.54 Å². The van der Waals surface area contributed by atoms with Crippen LogP contribution in [0.2, 0.25) is 49.3 Å². The Morgan fingerprint density at radius 2 is 1.28 bits per heavy atom. The molecule has 0 saturated carbocycles. The van der Waals surface area contributed by atoms with Crippen molar-refractivity contribution in [2.75, 3.05) is 0 Å². The van der Waals surface area contributed by atoms with Gasteiger partial charge in [0.25, 0.3) is 0 Å². The third-order valence-corrected chi connectivity index (χ3v) is 11.3. The lowest BCUT2D eigenvalue weighted by Crippen LogP contribution is -2.58. The number of benzene rings is 1.